The number of methoxy groups -OCH3 is 1. The predicted octanol–water partition coefficient (Wildman–Crippen LogP) is 2.38. The number of sulfonamides is 1. The lowest BCUT2D eigenvalue weighted by molar-refractivity contribution is -0.146. The van der Waals surface area contributed by atoms with E-state index in [1.807, 2.05) is 12.1 Å². The largest absolute Gasteiger partial charge is 0.468 e. The highest BCUT2D eigenvalue weighted by atomic mass is 32.2. The number of esters is 1. The number of benzene rings is 3. The minimum atomic E-state index is -4.24. The summed E-state index contributed by atoms with van der Waals surface area (Å²) >= 11 is 0. The average Bonchev–Trinajstić information content (AvgIpc) is 2.83. The molecule has 0 bridgehead atoms. The fraction of sp³-hybridized carbons (Fsp3) is 0.208. The number of hydrogen-bond donors (Lipinski definition) is 1. The standard InChI is InChI=1S/C24H23N3O6S/c1-26(15-23(29)33-2)22(28)14-21-24(30)25-19-9-5-6-10-20(19)27(21)34(31,32)18-12-11-16-7-3-4-8-17(16)13-18/h3-13,21H,14-15H2,1-2H3,(H,25,30). The molecule has 3 aromatic carbocycles. The summed E-state index contributed by atoms with van der Waals surface area (Å²) in [6.45, 7) is -0.322. The maximum Gasteiger partial charge on any atom is 0.325 e. The molecule has 0 radical (unpaired) electrons. The third-order valence-corrected chi connectivity index (χ3v) is 7.47. The van der Waals surface area contributed by atoms with Gasteiger partial charge in [-0.1, -0.05) is 42.5 Å². The molecule has 0 saturated heterocycles. The van der Waals surface area contributed by atoms with E-state index in [1.54, 1.807) is 48.5 Å². The van der Waals surface area contributed by atoms with E-state index < -0.39 is 40.3 Å². The summed E-state index contributed by atoms with van der Waals surface area (Å²) in [5.41, 5.74) is 0.576. The Hall–Kier alpha value is -3.92. The molecule has 1 N–H and O–H groups in total. The topological polar surface area (TPSA) is 113 Å². The third-order valence-electron chi connectivity index (χ3n) is 5.65. The van der Waals surface area contributed by atoms with Gasteiger partial charge in [-0.2, -0.15) is 0 Å². The van der Waals surface area contributed by atoms with Crippen LogP contribution in [-0.4, -0.2) is 57.8 Å². The Bertz CT molecular complexity index is 1390. The highest BCUT2D eigenvalue weighted by molar-refractivity contribution is 7.93. The molecular weight excluding hydrogens is 458 g/mol. The van der Waals surface area contributed by atoms with Crippen LogP contribution in [-0.2, 0) is 29.1 Å². The van der Waals surface area contributed by atoms with Crippen molar-refractivity contribution in [3.63, 3.8) is 0 Å². The van der Waals surface area contributed by atoms with Crippen LogP contribution < -0.4 is 9.62 Å². The molecule has 1 unspecified atom stereocenters. The highest BCUT2D eigenvalue weighted by Gasteiger charge is 2.42. The molecule has 1 atom stereocenters. The van der Waals surface area contributed by atoms with Crippen molar-refractivity contribution in [1.29, 1.82) is 0 Å². The zero-order chi connectivity index (χ0) is 24.5. The summed E-state index contributed by atoms with van der Waals surface area (Å²) in [4.78, 5) is 38.5. The Balaban J connectivity index is 1.77. The summed E-state index contributed by atoms with van der Waals surface area (Å²) < 4.78 is 33.3. The van der Waals surface area contributed by atoms with E-state index in [4.69, 9.17) is 0 Å². The predicted molar refractivity (Wildman–Crippen MR) is 127 cm³/mol. The molecule has 0 fully saturated rings. The van der Waals surface area contributed by atoms with Gasteiger partial charge >= 0.3 is 5.97 Å². The Labute approximate surface area is 197 Å². The molecule has 0 spiro atoms. The van der Waals surface area contributed by atoms with Gasteiger partial charge in [0.2, 0.25) is 11.8 Å². The number of para-hydroxylation sites is 2. The molecule has 1 heterocycles. The van der Waals surface area contributed by atoms with Crippen LogP contribution in [0, 0.1) is 0 Å². The van der Waals surface area contributed by atoms with Crippen molar-refractivity contribution < 1.29 is 27.5 Å². The number of anilines is 2. The van der Waals surface area contributed by atoms with Gasteiger partial charge in [0.15, 0.2) is 0 Å². The van der Waals surface area contributed by atoms with Crippen LogP contribution in [0.1, 0.15) is 6.42 Å². The number of carbonyl (C=O) groups is 3. The van der Waals surface area contributed by atoms with Crippen LogP contribution >= 0.6 is 0 Å². The van der Waals surface area contributed by atoms with Crippen LogP contribution in [0.15, 0.2) is 71.6 Å². The van der Waals surface area contributed by atoms with Crippen LogP contribution in [0.3, 0.4) is 0 Å². The number of likely N-dealkylation sites (N-methyl/N-ethyl adjacent to an activating group) is 1. The third kappa shape index (κ3) is 4.32. The quantitative estimate of drug-likeness (QED) is 0.541. The number of amides is 2. The van der Waals surface area contributed by atoms with Gasteiger partial charge in [0.05, 0.1) is 29.8 Å². The lowest BCUT2D eigenvalue weighted by Crippen LogP contribution is -2.53. The molecule has 0 saturated carbocycles. The van der Waals surface area contributed by atoms with Gasteiger partial charge in [0, 0.05) is 7.05 Å². The summed E-state index contributed by atoms with van der Waals surface area (Å²) in [5.74, 6) is -1.85. The molecule has 4 rings (SSSR count). The molecule has 2 amide bonds. The van der Waals surface area contributed by atoms with Gasteiger partial charge < -0.3 is 15.0 Å². The zero-order valence-electron chi connectivity index (χ0n) is 18.6. The molecule has 1 aliphatic rings. The van der Waals surface area contributed by atoms with Gasteiger partial charge in [0.1, 0.15) is 12.6 Å². The van der Waals surface area contributed by atoms with E-state index in [1.165, 1.54) is 20.2 Å². The van der Waals surface area contributed by atoms with Crippen LogP contribution in [0.4, 0.5) is 11.4 Å². The monoisotopic (exact) mass is 481 g/mol. The molecule has 9 nitrogen and oxygen atoms in total. The molecule has 34 heavy (non-hydrogen) atoms. The van der Waals surface area contributed by atoms with Crippen molar-refractivity contribution >= 4 is 50.0 Å². The molecule has 0 aromatic heterocycles. The second-order valence-electron chi connectivity index (χ2n) is 7.86. The first kappa shape index (κ1) is 23.2. The Morgan fingerprint density at radius 1 is 1.03 bits per heavy atom. The summed E-state index contributed by atoms with van der Waals surface area (Å²) in [6, 6.07) is 17.2. The van der Waals surface area contributed by atoms with E-state index >= 15 is 0 Å². The highest BCUT2D eigenvalue weighted by Crippen LogP contribution is 2.37. The van der Waals surface area contributed by atoms with Crippen molar-refractivity contribution in [2.24, 2.45) is 0 Å². The first-order chi connectivity index (χ1) is 16.2. The number of nitrogens with one attached hydrogen (secondary N) is 1. The summed E-state index contributed by atoms with van der Waals surface area (Å²) in [7, 11) is -1.65. The van der Waals surface area contributed by atoms with Gasteiger partial charge in [-0.3, -0.25) is 18.7 Å². The molecule has 10 heteroatoms. The van der Waals surface area contributed by atoms with Crippen molar-refractivity contribution in [1.82, 2.24) is 4.90 Å². The van der Waals surface area contributed by atoms with E-state index in [0.29, 0.717) is 5.69 Å². The smallest absolute Gasteiger partial charge is 0.325 e. The molecular formula is C24H23N3O6S. The number of rotatable bonds is 6. The zero-order valence-corrected chi connectivity index (χ0v) is 19.4. The lowest BCUT2D eigenvalue weighted by Gasteiger charge is -2.37. The minimum absolute atomic E-state index is 0.00364. The van der Waals surface area contributed by atoms with Crippen LogP contribution in [0.2, 0.25) is 0 Å². The fourth-order valence-corrected chi connectivity index (χ4v) is 5.51. The first-order valence-corrected chi connectivity index (χ1v) is 11.9. The first-order valence-electron chi connectivity index (χ1n) is 10.5. The Morgan fingerprint density at radius 2 is 1.71 bits per heavy atom. The SMILES string of the molecule is COC(=O)CN(C)C(=O)CC1C(=O)Nc2ccccc2N1S(=O)(=O)c1ccc2ccccc2c1. The van der Waals surface area contributed by atoms with Gasteiger partial charge in [-0.15, -0.1) is 0 Å². The number of nitrogens with zero attached hydrogens (tertiary/aromatic N) is 2. The van der Waals surface area contributed by atoms with Crippen molar-refractivity contribution in [2.45, 2.75) is 17.4 Å². The maximum absolute atomic E-state index is 13.9. The number of ether oxygens (including phenoxy) is 1. The summed E-state index contributed by atoms with van der Waals surface area (Å²) in [5, 5.41) is 4.28. The van der Waals surface area contributed by atoms with Gasteiger partial charge in [-0.25, -0.2) is 8.42 Å². The van der Waals surface area contributed by atoms with Crippen LogP contribution in [0.5, 0.6) is 0 Å². The minimum Gasteiger partial charge on any atom is -0.468 e. The van der Waals surface area contributed by atoms with E-state index in [9.17, 15) is 22.8 Å². The average molecular weight is 482 g/mol. The number of carbonyl (C=O) groups excluding carboxylic acids is 3. The number of fused-ring (bicyclic) bond motifs is 2. The van der Waals surface area contributed by atoms with Crippen molar-refractivity contribution in [3.8, 4) is 0 Å². The Kier molecular flexibility index (Phi) is 6.25. The number of hydrogen-bond acceptors (Lipinski definition) is 6. The van der Waals surface area contributed by atoms with Crippen molar-refractivity contribution in [2.75, 3.05) is 30.3 Å². The molecule has 3 aromatic rings. The molecule has 176 valence electrons. The molecule has 1 aliphatic heterocycles. The van der Waals surface area contributed by atoms with Gasteiger partial charge in [-0.05, 0) is 35.0 Å². The summed E-state index contributed by atoms with van der Waals surface area (Å²) in [6.07, 6.45) is -0.458. The van der Waals surface area contributed by atoms with E-state index in [0.717, 1.165) is 20.0 Å². The lowest BCUT2D eigenvalue weighted by atomic mass is 10.1. The maximum atomic E-state index is 13.9. The second kappa shape index (κ2) is 9.14. The normalized spacial score (nSPS) is 15.4. The van der Waals surface area contributed by atoms with Crippen LogP contribution in [0.25, 0.3) is 10.8 Å². The van der Waals surface area contributed by atoms with E-state index in [2.05, 4.69) is 10.1 Å². The second-order valence-corrected chi connectivity index (χ2v) is 9.68. The van der Waals surface area contributed by atoms with Crippen molar-refractivity contribution in [3.05, 3.63) is 66.7 Å². The fourth-order valence-electron chi connectivity index (χ4n) is 3.84. The van der Waals surface area contributed by atoms with E-state index in [-0.39, 0.29) is 17.1 Å². The Morgan fingerprint density at radius 3 is 2.44 bits per heavy atom. The molecule has 0 aliphatic carbocycles. The van der Waals surface area contributed by atoms with Gasteiger partial charge in [0.25, 0.3) is 10.0 Å².